The van der Waals surface area contributed by atoms with Crippen molar-refractivity contribution >= 4 is 17.4 Å². The lowest BCUT2D eigenvalue weighted by molar-refractivity contribution is 0.0779. The van der Waals surface area contributed by atoms with Crippen LogP contribution in [0.3, 0.4) is 0 Å². The van der Waals surface area contributed by atoms with E-state index in [2.05, 4.69) is 48.2 Å². The van der Waals surface area contributed by atoms with Gasteiger partial charge in [0.25, 0.3) is 5.91 Å². The molecule has 0 bridgehead atoms. The molecule has 0 saturated carbocycles. The van der Waals surface area contributed by atoms with Crippen LogP contribution >= 0.6 is 0 Å². The molecule has 3 aromatic rings. The number of anilines is 2. The van der Waals surface area contributed by atoms with Gasteiger partial charge in [0.1, 0.15) is 17.3 Å². The SMILES string of the molecule is Cc1nc(Nc2ccc(C(C)(C)C)cc2)cc(C(=O)N(C)Cc2ccccc2)n1. The predicted octanol–water partition coefficient (Wildman–Crippen LogP) is 5.10. The van der Waals surface area contributed by atoms with Gasteiger partial charge in [-0.25, -0.2) is 9.97 Å². The monoisotopic (exact) mass is 388 g/mol. The maximum absolute atomic E-state index is 12.9. The van der Waals surface area contributed by atoms with Gasteiger partial charge in [0, 0.05) is 25.3 Å². The van der Waals surface area contributed by atoms with Gasteiger partial charge >= 0.3 is 0 Å². The van der Waals surface area contributed by atoms with Crippen molar-refractivity contribution < 1.29 is 4.79 Å². The lowest BCUT2D eigenvalue weighted by Crippen LogP contribution is -2.27. The fraction of sp³-hybridized carbons (Fsp3) is 0.292. The minimum atomic E-state index is -0.134. The summed E-state index contributed by atoms with van der Waals surface area (Å²) in [7, 11) is 1.78. The number of carbonyl (C=O) groups excluding carboxylic acids is 1. The molecule has 2 aromatic carbocycles. The third-order valence-corrected chi connectivity index (χ3v) is 4.69. The van der Waals surface area contributed by atoms with E-state index in [9.17, 15) is 4.79 Å². The van der Waals surface area contributed by atoms with E-state index < -0.39 is 0 Å². The lowest BCUT2D eigenvalue weighted by Gasteiger charge is -2.19. The number of hydrogen-bond acceptors (Lipinski definition) is 4. The Hall–Kier alpha value is -3.21. The van der Waals surface area contributed by atoms with Gasteiger partial charge in [0.05, 0.1) is 0 Å². The molecule has 1 amide bonds. The molecule has 1 aromatic heterocycles. The molecule has 0 radical (unpaired) electrons. The van der Waals surface area contributed by atoms with E-state index in [0.717, 1.165) is 11.3 Å². The van der Waals surface area contributed by atoms with E-state index in [0.29, 0.717) is 23.9 Å². The number of nitrogens with zero attached hydrogens (tertiary/aromatic N) is 3. The van der Waals surface area contributed by atoms with Crippen molar-refractivity contribution in [2.75, 3.05) is 12.4 Å². The molecule has 1 heterocycles. The molecule has 0 spiro atoms. The summed E-state index contributed by atoms with van der Waals surface area (Å²) in [5, 5.41) is 3.29. The highest BCUT2D eigenvalue weighted by Gasteiger charge is 2.16. The Morgan fingerprint density at radius 2 is 1.66 bits per heavy atom. The fourth-order valence-electron chi connectivity index (χ4n) is 3.07. The van der Waals surface area contributed by atoms with Crippen LogP contribution in [0.2, 0.25) is 0 Å². The minimum absolute atomic E-state index is 0.104. The third-order valence-electron chi connectivity index (χ3n) is 4.69. The summed E-state index contributed by atoms with van der Waals surface area (Å²) < 4.78 is 0. The summed E-state index contributed by atoms with van der Waals surface area (Å²) in [6, 6.07) is 19.9. The van der Waals surface area contributed by atoms with Crippen LogP contribution < -0.4 is 5.32 Å². The summed E-state index contributed by atoms with van der Waals surface area (Å²) in [6.45, 7) is 8.88. The number of benzene rings is 2. The molecule has 3 rings (SSSR count). The van der Waals surface area contributed by atoms with E-state index in [-0.39, 0.29) is 11.3 Å². The molecule has 0 atom stereocenters. The van der Waals surface area contributed by atoms with E-state index in [1.54, 1.807) is 24.9 Å². The zero-order valence-corrected chi connectivity index (χ0v) is 17.7. The molecule has 0 aliphatic rings. The molecule has 0 fully saturated rings. The number of hydrogen-bond donors (Lipinski definition) is 1. The van der Waals surface area contributed by atoms with Crippen molar-refractivity contribution in [2.45, 2.75) is 39.7 Å². The Kier molecular flexibility index (Phi) is 5.97. The molecule has 0 aliphatic heterocycles. The molecule has 29 heavy (non-hydrogen) atoms. The lowest BCUT2D eigenvalue weighted by atomic mass is 9.87. The van der Waals surface area contributed by atoms with Crippen LogP contribution in [0.15, 0.2) is 60.7 Å². The quantitative estimate of drug-likeness (QED) is 0.661. The zero-order chi connectivity index (χ0) is 21.0. The van der Waals surface area contributed by atoms with Crippen molar-refractivity contribution in [1.29, 1.82) is 0 Å². The van der Waals surface area contributed by atoms with Gasteiger partial charge in [0.2, 0.25) is 0 Å². The molecule has 0 unspecified atom stereocenters. The van der Waals surface area contributed by atoms with Crippen LogP contribution in [0.4, 0.5) is 11.5 Å². The molecular formula is C24H28N4O. The molecule has 5 heteroatoms. The van der Waals surface area contributed by atoms with Gasteiger partial charge in [-0.3, -0.25) is 4.79 Å². The predicted molar refractivity (Wildman–Crippen MR) is 117 cm³/mol. The molecule has 5 nitrogen and oxygen atoms in total. The maximum atomic E-state index is 12.9. The first-order valence-corrected chi connectivity index (χ1v) is 9.75. The summed E-state index contributed by atoms with van der Waals surface area (Å²) in [4.78, 5) is 23.3. The summed E-state index contributed by atoms with van der Waals surface area (Å²) in [5.41, 5.74) is 3.75. The highest BCUT2D eigenvalue weighted by molar-refractivity contribution is 5.93. The van der Waals surface area contributed by atoms with Gasteiger partial charge in [-0.15, -0.1) is 0 Å². The Morgan fingerprint density at radius 3 is 2.28 bits per heavy atom. The first-order valence-electron chi connectivity index (χ1n) is 9.75. The van der Waals surface area contributed by atoms with Crippen LogP contribution in [0, 0.1) is 6.92 Å². The van der Waals surface area contributed by atoms with E-state index in [1.165, 1.54) is 5.56 Å². The third kappa shape index (κ3) is 5.41. The van der Waals surface area contributed by atoms with Crippen molar-refractivity contribution in [3.8, 4) is 0 Å². The Balaban J connectivity index is 1.76. The Morgan fingerprint density at radius 1 is 1.00 bits per heavy atom. The number of aryl methyl sites for hydroxylation is 1. The Bertz CT molecular complexity index is 976. The summed E-state index contributed by atoms with van der Waals surface area (Å²) in [6.07, 6.45) is 0. The van der Waals surface area contributed by atoms with Crippen molar-refractivity contribution in [1.82, 2.24) is 14.9 Å². The normalized spacial score (nSPS) is 11.2. The van der Waals surface area contributed by atoms with E-state index >= 15 is 0 Å². The van der Waals surface area contributed by atoms with Crippen molar-refractivity contribution in [2.24, 2.45) is 0 Å². The van der Waals surface area contributed by atoms with Gasteiger partial charge in [-0.1, -0.05) is 63.2 Å². The number of nitrogens with one attached hydrogen (secondary N) is 1. The van der Waals surface area contributed by atoms with Gasteiger partial charge in [-0.2, -0.15) is 0 Å². The average Bonchev–Trinajstić information content (AvgIpc) is 2.67. The topological polar surface area (TPSA) is 58.1 Å². The largest absolute Gasteiger partial charge is 0.340 e. The number of rotatable bonds is 5. The molecule has 150 valence electrons. The fourth-order valence-corrected chi connectivity index (χ4v) is 3.07. The van der Waals surface area contributed by atoms with Gasteiger partial charge < -0.3 is 10.2 Å². The van der Waals surface area contributed by atoms with E-state index in [4.69, 9.17) is 0 Å². The van der Waals surface area contributed by atoms with E-state index in [1.807, 2.05) is 42.5 Å². The Labute approximate surface area is 172 Å². The highest BCUT2D eigenvalue weighted by Crippen LogP contribution is 2.24. The standard InChI is InChI=1S/C24H28N4O/c1-17-25-21(23(29)28(5)16-18-9-7-6-8-10-18)15-22(26-17)27-20-13-11-19(12-14-20)24(2,3)4/h6-15H,16H2,1-5H3,(H,25,26,27). The van der Waals surface area contributed by atoms with Crippen LogP contribution in [-0.4, -0.2) is 27.8 Å². The van der Waals surface area contributed by atoms with Crippen molar-refractivity contribution in [3.05, 3.63) is 83.3 Å². The molecule has 0 saturated heterocycles. The highest BCUT2D eigenvalue weighted by atomic mass is 16.2. The smallest absolute Gasteiger partial charge is 0.272 e. The first kappa shape index (κ1) is 20.5. The molecular weight excluding hydrogens is 360 g/mol. The van der Waals surface area contributed by atoms with Gasteiger partial charge in [0.15, 0.2) is 0 Å². The van der Waals surface area contributed by atoms with Crippen molar-refractivity contribution in [3.63, 3.8) is 0 Å². The summed E-state index contributed by atoms with van der Waals surface area (Å²) in [5.74, 6) is 1.03. The van der Waals surface area contributed by atoms with Crippen LogP contribution in [0.1, 0.15) is 48.2 Å². The number of amides is 1. The zero-order valence-electron chi connectivity index (χ0n) is 17.7. The second-order valence-electron chi connectivity index (χ2n) is 8.28. The minimum Gasteiger partial charge on any atom is -0.340 e. The maximum Gasteiger partial charge on any atom is 0.272 e. The second-order valence-corrected chi connectivity index (χ2v) is 8.28. The number of aromatic nitrogens is 2. The van der Waals surface area contributed by atoms with Crippen LogP contribution in [-0.2, 0) is 12.0 Å². The van der Waals surface area contributed by atoms with Gasteiger partial charge in [-0.05, 0) is 35.6 Å². The summed E-state index contributed by atoms with van der Waals surface area (Å²) >= 11 is 0. The number of carbonyl (C=O) groups is 1. The average molecular weight is 389 g/mol. The van der Waals surface area contributed by atoms with Crippen LogP contribution in [0.5, 0.6) is 0 Å². The second kappa shape index (κ2) is 8.43. The molecule has 1 N–H and O–H groups in total. The van der Waals surface area contributed by atoms with Crippen LogP contribution in [0.25, 0.3) is 0 Å². The molecule has 0 aliphatic carbocycles. The first-order chi connectivity index (χ1) is 13.7.